The zero-order valence-corrected chi connectivity index (χ0v) is 22.3. The van der Waals surface area contributed by atoms with E-state index in [9.17, 15) is 5.11 Å². The number of nitrogens with zero attached hydrogens (tertiary/aromatic N) is 1. The van der Waals surface area contributed by atoms with Crippen molar-refractivity contribution in [1.29, 1.82) is 0 Å². The van der Waals surface area contributed by atoms with E-state index in [4.69, 9.17) is 9.84 Å². The highest BCUT2D eigenvalue weighted by Gasteiger charge is 2.31. The zero-order valence-electron chi connectivity index (χ0n) is 22.3. The topological polar surface area (TPSA) is 52.9 Å². The van der Waals surface area contributed by atoms with Gasteiger partial charge in [-0.25, -0.2) is 0 Å². The third-order valence-corrected chi connectivity index (χ3v) is 6.83. The van der Waals surface area contributed by atoms with E-state index in [0.717, 1.165) is 38.9 Å². The summed E-state index contributed by atoms with van der Waals surface area (Å²) in [5.41, 5.74) is 5.33. The number of allylic oxidation sites excluding steroid dienone is 4. The quantitative estimate of drug-likeness (QED) is 0.411. The van der Waals surface area contributed by atoms with Gasteiger partial charge in [-0.3, -0.25) is 4.90 Å². The molecule has 2 N–H and O–H groups in total. The Bertz CT molecular complexity index is 908. The number of hydrogen-bond acceptors (Lipinski definition) is 4. The molecule has 0 saturated carbocycles. The van der Waals surface area contributed by atoms with E-state index in [1.165, 1.54) is 48.2 Å². The summed E-state index contributed by atoms with van der Waals surface area (Å²) in [6.45, 7) is 12.2. The van der Waals surface area contributed by atoms with Crippen LogP contribution in [-0.2, 0) is 0 Å². The van der Waals surface area contributed by atoms with Crippen molar-refractivity contribution in [1.82, 2.24) is 4.90 Å². The van der Waals surface area contributed by atoms with Gasteiger partial charge in [0.25, 0.3) is 0 Å². The second kappa shape index (κ2) is 15.4. The summed E-state index contributed by atoms with van der Waals surface area (Å²) in [5, 5.41) is 16.9. The summed E-state index contributed by atoms with van der Waals surface area (Å²) in [6.07, 6.45) is 6.66. The van der Waals surface area contributed by atoms with Crippen LogP contribution in [0.3, 0.4) is 0 Å². The Hall–Kier alpha value is -2.56. The molecule has 1 aliphatic heterocycles. The van der Waals surface area contributed by atoms with Crippen LogP contribution >= 0.6 is 0 Å². The predicted octanol–water partition coefficient (Wildman–Crippen LogP) is 7.24. The number of rotatable bonds is 7. The van der Waals surface area contributed by atoms with Crippen molar-refractivity contribution in [3.8, 4) is 5.75 Å². The van der Waals surface area contributed by atoms with Gasteiger partial charge in [-0.15, -0.1) is 0 Å². The van der Waals surface area contributed by atoms with Crippen LogP contribution in [0.4, 0.5) is 0 Å². The molecule has 35 heavy (non-hydrogen) atoms. The van der Waals surface area contributed by atoms with Gasteiger partial charge in [0, 0.05) is 19.6 Å². The molecule has 4 nitrogen and oxygen atoms in total. The Morgan fingerprint density at radius 1 is 0.971 bits per heavy atom. The Morgan fingerprint density at radius 3 is 2.20 bits per heavy atom. The Kier molecular flexibility index (Phi) is 12.6. The summed E-state index contributed by atoms with van der Waals surface area (Å²) in [7, 11) is 1.00. The number of aliphatic hydroxyl groups is 2. The van der Waals surface area contributed by atoms with E-state index < -0.39 is 0 Å². The van der Waals surface area contributed by atoms with Gasteiger partial charge in [0.1, 0.15) is 12.4 Å². The molecular weight excluding hydrogens is 434 g/mol. The first-order valence-electron chi connectivity index (χ1n) is 13.1. The Balaban J connectivity index is 0.00000103. The summed E-state index contributed by atoms with van der Waals surface area (Å²) >= 11 is 0. The minimum absolute atomic E-state index is 0.306. The molecule has 2 aliphatic rings. The van der Waals surface area contributed by atoms with Crippen LogP contribution in [0.15, 0.2) is 77.6 Å². The highest BCUT2D eigenvalue weighted by Crippen LogP contribution is 2.47. The summed E-state index contributed by atoms with van der Waals surface area (Å²) in [4.78, 5) is 2.48. The maximum atomic E-state index is 9.87. The van der Waals surface area contributed by atoms with Gasteiger partial charge in [0.05, 0.1) is 5.76 Å². The van der Waals surface area contributed by atoms with Gasteiger partial charge >= 0.3 is 0 Å². The second-order valence-corrected chi connectivity index (χ2v) is 8.99. The van der Waals surface area contributed by atoms with Crippen molar-refractivity contribution in [2.75, 3.05) is 33.4 Å². The number of ether oxygens (including phenoxy) is 1. The van der Waals surface area contributed by atoms with E-state index in [1.54, 1.807) is 6.92 Å². The van der Waals surface area contributed by atoms with E-state index >= 15 is 0 Å². The molecule has 0 aromatic heterocycles. The fraction of sp³-hybridized carbons (Fsp3) is 0.484. The van der Waals surface area contributed by atoms with Crippen LogP contribution in [0.5, 0.6) is 5.75 Å². The molecule has 2 atom stereocenters. The fourth-order valence-corrected chi connectivity index (χ4v) is 5.23. The number of benzene rings is 2. The lowest BCUT2D eigenvalue weighted by Crippen LogP contribution is -2.25. The van der Waals surface area contributed by atoms with E-state index in [2.05, 4.69) is 66.4 Å². The van der Waals surface area contributed by atoms with Crippen molar-refractivity contribution in [3.05, 3.63) is 88.7 Å². The molecule has 2 aromatic rings. The Morgan fingerprint density at radius 2 is 1.60 bits per heavy atom. The fourth-order valence-electron chi connectivity index (χ4n) is 5.23. The van der Waals surface area contributed by atoms with Gasteiger partial charge in [0.2, 0.25) is 0 Å². The van der Waals surface area contributed by atoms with Crippen LogP contribution in [-0.4, -0.2) is 48.5 Å². The Labute approximate surface area is 213 Å². The number of likely N-dealkylation sites (tertiary alicyclic amines) is 1. The van der Waals surface area contributed by atoms with Crippen molar-refractivity contribution < 1.29 is 14.9 Å². The van der Waals surface area contributed by atoms with E-state index in [-0.39, 0.29) is 0 Å². The lowest BCUT2D eigenvalue weighted by Gasteiger charge is -2.35. The summed E-state index contributed by atoms with van der Waals surface area (Å²) in [6, 6.07) is 19.6. The van der Waals surface area contributed by atoms with Crippen LogP contribution in [0.25, 0.3) is 0 Å². The standard InChI is InChI=1S/C28H35NO2.C2H6.CH4O/c1-21(30)20-25-12-15-27(23-8-4-3-5-9-23)28(22(25)2)24-10-13-26(14-11-24)31-19-18-29-16-6-7-17-29;2*1-2/h3-5,8-11,13-14,20,27-28,30H,6-7,12,15-19H2,1-2H3;1-2H3;2H,1H3/b21-20+;;/t27-,28+;;/m1../s1. The van der Waals surface area contributed by atoms with Gasteiger partial charge in [-0.1, -0.05) is 61.9 Å². The molecule has 1 saturated heterocycles. The van der Waals surface area contributed by atoms with Crippen molar-refractivity contribution in [2.45, 2.75) is 65.2 Å². The van der Waals surface area contributed by atoms with E-state index in [1.807, 2.05) is 19.9 Å². The molecule has 0 radical (unpaired) electrons. The first-order chi connectivity index (χ1) is 17.1. The third-order valence-electron chi connectivity index (χ3n) is 6.83. The molecule has 0 spiro atoms. The minimum atomic E-state index is 0.306. The minimum Gasteiger partial charge on any atom is -0.513 e. The molecular formula is C31H45NO3. The average molecular weight is 480 g/mol. The van der Waals surface area contributed by atoms with Crippen molar-refractivity contribution in [2.24, 2.45) is 0 Å². The van der Waals surface area contributed by atoms with Crippen molar-refractivity contribution >= 4 is 0 Å². The number of aliphatic hydroxyl groups excluding tert-OH is 2. The summed E-state index contributed by atoms with van der Waals surface area (Å²) in [5.74, 6) is 2.08. The highest BCUT2D eigenvalue weighted by molar-refractivity contribution is 5.44. The summed E-state index contributed by atoms with van der Waals surface area (Å²) < 4.78 is 6.03. The molecule has 0 bridgehead atoms. The molecule has 1 aliphatic carbocycles. The van der Waals surface area contributed by atoms with Crippen LogP contribution in [0.2, 0.25) is 0 Å². The SMILES string of the molecule is CC.CC1=C(/C=C(\C)O)CC[C@H](c2ccccc2)[C@@H]1c1ccc(OCCN2CCCC2)cc1.CO. The lowest BCUT2D eigenvalue weighted by atomic mass is 9.69. The highest BCUT2D eigenvalue weighted by atomic mass is 16.5. The normalized spacial score (nSPS) is 20.5. The molecule has 4 rings (SSSR count). The first-order valence-corrected chi connectivity index (χ1v) is 13.1. The van der Waals surface area contributed by atoms with Gasteiger partial charge in [-0.2, -0.15) is 0 Å². The van der Waals surface area contributed by atoms with Gasteiger partial charge < -0.3 is 14.9 Å². The predicted molar refractivity (Wildman–Crippen MR) is 147 cm³/mol. The molecule has 0 amide bonds. The van der Waals surface area contributed by atoms with Crippen molar-refractivity contribution in [3.63, 3.8) is 0 Å². The van der Waals surface area contributed by atoms with Crippen LogP contribution < -0.4 is 4.74 Å². The second-order valence-electron chi connectivity index (χ2n) is 8.99. The smallest absolute Gasteiger partial charge is 0.119 e. The molecule has 1 heterocycles. The maximum Gasteiger partial charge on any atom is 0.119 e. The zero-order chi connectivity index (χ0) is 25.6. The molecule has 2 aromatic carbocycles. The largest absolute Gasteiger partial charge is 0.513 e. The lowest BCUT2D eigenvalue weighted by molar-refractivity contribution is 0.237. The number of hydrogen-bond donors (Lipinski definition) is 2. The molecule has 192 valence electrons. The first kappa shape index (κ1) is 28.7. The molecule has 0 unspecified atom stereocenters. The average Bonchev–Trinajstić information content (AvgIpc) is 3.42. The molecule has 1 fully saturated rings. The van der Waals surface area contributed by atoms with E-state index in [0.29, 0.717) is 17.6 Å². The maximum absolute atomic E-state index is 9.87. The third kappa shape index (κ3) is 8.26. The van der Waals surface area contributed by atoms with Gasteiger partial charge in [-0.05, 0) is 93.4 Å². The van der Waals surface area contributed by atoms with Crippen LogP contribution in [0.1, 0.15) is 76.3 Å². The van der Waals surface area contributed by atoms with Crippen LogP contribution in [0, 0.1) is 0 Å². The molecule has 4 heteroatoms. The van der Waals surface area contributed by atoms with Gasteiger partial charge in [0.15, 0.2) is 0 Å². The monoisotopic (exact) mass is 479 g/mol.